The summed E-state index contributed by atoms with van der Waals surface area (Å²) in [6.07, 6.45) is 1.52. The van der Waals surface area contributed by atoms with Gasteiger partial charge in [-0.15, -0.1) is 11.3 Å². The van der Waals surface area contributed by atoms with Crippen LogP contribution in [0.1, 0.15) is 12.8 Å². The molecule has 0 unspecified atom stereocenters. The standard InChI is InChI=1S/C15H23N3O3S2/c1-16-7-9-17(10-8-16)15(19)13-4-2-6-18(12-13)23(20,21)14-5-3-11-22-14/h3,5,11,13H,2,4,6-10,12H2,1H3/t13-/m1/s1. The highest BCUT2D eigenvalue weighted by Crippen LogP contribution is 2.27. The van der Waals surface area contributed by atoms with E-state index in [1.165, 1.54) is 15.6 Å². The van der Waals surface area contributed by atoms with Crippen LogP contribution in [0, 0.1) is 5.92 Å². The number of carbonyl (C=O) groups excluding carboxylic acids is 1. The van der Waals surface area contributed by atoms with Crippen LogP contribution in [0.4, 0.5) is 0 Å². The number of piperidine rings is 1. The molecular weight excluding hydrogens is 334 g/mol. The van der Waals surface area contributed by atoms with Gasteiger partial charge in [-0.3, -0.25) is 4.79 Å². The summed E-state index contributed by atoms with van der Waals surface area (Å²) >= 11 is 1.23. The Balaban J connectivity index is 1.67. The van der Waals surface area contributed by atoms with E-state index < -0.39 is 10.0 Å². The van der Waals surface area contributed by atoms with E-state index in [2.05, 4.69) is 11.9 Å². The Kier molecular flexibility index (Phi) is 5.05. The smallest absolute Gasteiger partial charge is 0.252 e. The number of likely N-dealkylation sites (N-methyl/N-ethyl adjacent to an activating group) is 1. The zero-order valence-electron chi connectivity index (χ0n) is 13.3. The average Bonchev–Trinajstić information content (AvgIpc) is 3.10. The van der Waals surface area contributed by atoms with Gasteiger partial charge in [0.15, 0.2) is 0 Å². The van der Waals surface area contributed by atoms with Gasteiger partial charge < -0.3 is 9.80 Å². The summed E-state index contributed by atoms with van der Waals surface area (Å²) in [5.74, 6) is -0.0916. The minimum absolute atomic E-state index is 0.115. The maximum atomic E-state index is 12.7. The fourth-order valence-electron chi connectivity index (χ4n) is 3.18. The quantitative estimate of drug-likeness (QED) is 0.807. The molecular formula is C15H23N3O3S2. The third-order valence-electron chi connectivity index (χ3n) is 4.64. The number of hydrogen-bond acceptors (Lipinski definition) is 5. The van der Waals surface area contributed by atoms with E-state index in [9.17, 15) is 13.2 Å². The first-order valence-electron chi connectivity index (χ1n) is 7.99. The highest BCUT2D eigenvalue weighted by Gasteiger charge is 2.35. The largest absolute Gasteiger partial charge is 0.340 e. The lowest BCUT2D eigenvalue weighted by molar-refractivity contribution is -0.138. The summed E-state index contributed by atoms with van der Waals surface area (Å²) in [6.45, 7) is 4.07. The molecule has 23 heavy (non-hydrogen) atoms. The van der Waals surface area contributed by atoms with Gasteiger partial charge >= 0.3 is 0 Å². The van der Waals surface area contributed by atoms with Crippen LogP contribution in [0.15, 0.2) is 21.7 Å². The summed E-state index contributed by atoms with van der Waals surface area (Å²) in [6, 6.07) is 3.38. The SMILES string of the molecule is CN1CCN(C(=O)[C@@H]2CCCN(S(=O)(=O)c3cccs3)C2)CC1. The van der Waals surface area contributed by atoms with E-state index in [4.69, 9.17) is 0 Å². The molecule has 128 valence electrons. The third kappa shape index (κ3) is 3.60. The van der Waals surface area contributed by atoms with Crippen molar-refractivity contribution in [2.45, 2.75) is 17.1 Å². The molecule has 1 aromatic rings. The van der Waals surface area contributed by atoms with Gasteiger partial charge in [0, 0.05) is 39.3 Å². The van der Waals surface area contributed by atoms with Gasteiger partial charge in [-0.2, -0.15) is 4.31 Å². The molecule has 0 bridgehead atoms. The van der Waals surface area contributed by atoms with Crippen molar-refractivity contribution in [1.82, 2.24) is 14.1 Å². The summed E-state index contributed by atoms with van der Waals surface area (Å²) < 4.78 is 27.1. The van der Waals surface area contributed by atoms with Gasteiger partial charge in [0.1, 0.15) is 4.21 Å². The van der Waals surface area contributed by atoms with Crippen LogP contribution in [0.2, 0.25) is 0 Å². The van der Waals surface area contributed by atoms with Crippen molar-refractivity contribution in [2.75, 3.05) is 46.3 Å². The number of thiophene rings is 1. The molecule has 1 atom stereocenters. The molecule has 1 aromatic heterocycles. The number of carbonyl (C=O) groups is 1. The zero-order valence-corrected chi connectivity index (χ0v) is 15.0. The van der Waals surface area contributed by atoms with Crippen LogP contribution >= 0.6 is 11.3 Å². The van der Waals surface area contributed by atoms with Crippen LogP contribution in [-0.4, -0.2) is 74.7 Å². The monoisotopic (exact) mass is 357 g/mol. The highest BCUT2D eigenvalue weighted by molar-refractivity contribution is 7.91. The Labute approximate surface area is 141 Å². The zero-order chi connectivity index (χ0) is 16.4. The number of sulfonamides is 1. The number of nitrogens with zero attached hydrogens (tertiary/aromatic N) is 3. The fourth-order valence-corrected chi connectivity index (χ4v) is 5.85. The maximum absolute atomic E-state index is 12.7. The first kappa shape index (κ1) is 16.9. The van der Waals surface area contributed by atoms with Gasteiger partial charge in [-0.1, -0.05) is 6.07 Å². The van der Waals surface area contributed by atoms with E-state index in [-0.39, 0.29) is 11.8 Å². The van der Waals surface area contributed by atoms with Crippen LogP contribution in [0.25, 0.3) is 0 Å². The van der Waals surface area contributed by atoms with Crippen molar-refractivity contribution in [3.8, 4) is 0 Å². The fraction of sp³-hybridized carbons (Fsp3) is 0.667. The van der Waals surface area contributed by atoms with Crippen molar-refractivity contribution in [3.63, 3.8) is 0 Å². The highest BCUT2D eigenvalue weighted by atomic mass is 32.2. The van der Waals surface area contributed by atoms with Gasteiger partial charge in [0.25, 0.3) is 10.0 Å². The van der Waals surface area contributed by atoms with Gasteiger partial charge in [-0.05, 0) is 31.3 Å². The Morgan fingerprint density at radius 1 is 1.22 bits per heavy atom. The summed E-state index contributed by atoms with van der Waals surface area (Å²) in [5, 5.41) is 1.77. The van der Waals surface area contributed by atoms with Crippen molar-refractivity contribution in [2.24, 2.45) is 5.92 Å². The molecule has 2 saturated heterocycles. The van der Waals surface area contributed by atoms with Crippen molar-refractivity contribution < 1.29 is 13.2 Å². The molecule has 2 fully saturated rings. The molecule has 0 radical (unpaired) electrons. The first-order chi connectivity index (χ1) is 11.0. The van der Waals surface area contributed by atoms with Crippen LogP contribution in [0.5, 0.6) is 0 Å². The first-order valence-corrected chi connectivity index (χ1v) is 10.3. The molecule has 1 amide bonds. The second-order valence-electron chi connectivity index (χ2n) is 6.26. The third-order valence-corrected chi connectivity index (χ3v) is 7.88. The molecule has 0 spiro atoms. The van der Waals surface area contributed by atoms with Crippen molar-refractivity contribution in [1.29, 1.82) is 0 Å². The molecule has 0 N–H and O–H groups in total. The number of hydrogen-bond donors (Lipinski definition) is 0. The van der Waals surface area contributed by atoms with E-state index in [1.54, 1.807) is 17.5 Å². The van der Waals surface area contributed by atoms with Gasteiger partial charge in [0.05, 0.1) is 5.92 Å². The minimum Gasteiger partial charge on any atom is -0.340 e. The van der Waals surface area contributed by atoms with Crippen LogP contribution < -0.4 is 0 Å². The Hall–Kier alpha value is -0.960. The molecule has 0 aromatic carbocycles. The van der Waals surface area contributed by atoms with E-state index >= 15 is 0 Å². The summed E-state index contributed by atoms with van der Waals surface area (Å²) in [4.78, 5) is 16.8. The Morgan fingerprint density at radius 2 is 1.96 bits per heavy atom. The predicted octanol–water partition coefficient (Wildman–Crippen LogP) is 0.923. The van der Waals surface area contributed by atoms with E-state index in [1.807, 2.05) is 4.90 Å². The van der Waals surface area contributed by atoms with Crippen LogP contribution in [-0.2, 0) is 14.8 Å². The lowest BCUT2D eigenvalue weighted by atomic mass is 9.98. The van der Waals surface area contributed by atoms with Crippen molar-refractivity contribution in [3.05, 3.63) is 17.5 Å². The summed E-state index contributed by atoms with van der Waals surface area (Å²) in [7, 11) is -1.40. The molecule has 0 aliphatic carbocycles. The van der Waals surface area contributed by atoms with E-state index in [0.29, 0.717) is 17.3 Å². The van der Waals surface area contributed by atoms with Gasteiger partial charge in [0.2, 0.25) is 5.91 Å². The normalized spacial score (nSPS) is 24.7. The second-order valence-corrected chi connectivity index (χ2v) is 9.38. The molecule has 2 aliphatic rings. The average molecular weight is 358 g/mol. The van der Waals surface area contributed by atoms with Crippen molar-refractivity contribution >= 4 is 27.3 Å². The molecule has 8 heteroatoms. The number of rotatable bonds is 3. The van der Waals surface area contributed by atoms with Gasteiger partial charge in [-0.25, -0.2) is 8.42 Å². The number of amides is 1. The lowest BCUT2D eigenvalue weighted by Crippen LogP contribution is -2.52. The lowest BCUT2D eigenvalue weighted by Gasteiger charge is -2.37. The topological polar surface area (TPSA) is 60.9 Å². The number of piperazine rings is 1. The Bertz CT molecular complexity index is 637. The molecule has 6 nitrogen and oxygen atoms in total. The summed E-state index contributed by atoms with van der Waals surface area (Å²) in [5.41, 5.74) is 0. The maximum Gasteiger partial charge on any atom is 0.252 e. The minimum atomic E-state index is -3.45. The van der Waals surface area contributed by atoms with E-state index in [0.717, 1.165) is 39.0 Å². The molecule has 3 rings (SSSR count). The molecule has 3 heterocycles. The predicted molar refractivity (Wildman–Crippen MR) is 89.9 cm³/mol. The molecule has 0 saturated carbocycles. The Morgan fingerprint density at radius 3 is 2.61 bits per heavy atom. The van der Waals surface area contributed by atoms with Crippen LogP contribution in [0.3, 0.4) is 0 Å². The molecule has 2 aliphatic heterocycles. The second kappa shape index (κ2) is 6.88.